The van der Waals surface area contributed by atoms with Crippen LogP contribution in [0.1, 0.15) is 24.6 Å². The van der Waals surface area contributed by atoms with Crippen molar-refractivity contribution in [2.24, 2.45) is 13.0 Å². The minimum Gasteiger partial charge on any atom is -0.481 e. The minimum absolute atomic E-state index is 0.0843. The topological polar surface area (TPSA) is 67.2 Å². The molecule has 1 aliphatic heterocycles. The molecule has 0 radical (unpaired) electrons. The first kappa shape index (κ1) is 10.2. The summed E-state index contributed by atoms with van der Waals surface area (Å²) in [5.41, 5.74) is 0.934. The molecule has 2 rings (SSSR count). The van der Waals surface area contributed by atoms with Gasteiger partial charge in [-0.25, -0.2) is 4.98 Å². The molecular weight excluding hydrogens is 194 g/mol. The van der Waals surface area contributed by atoms with Gasteiger partial charge in [-0.3, -0.25) is 4.79 Å². The molecule has 0 aromatic carbocycles. The lowest BCUT2D eigenvalue weighted by atomic mass is 9.91. The van der Waals surface area contributed by atoms with Gasteiger partial charge in [0.15, 0.2) is 0 Å². The quantitative estimate of drug-likeness (QED) is 0.746. The summed E-state index contributed by atoms with van der Waals surface area (Å²) < 4.78 is 1.88. The Labute approximate surface area is 88.1 Å². The number of nitrogens with one attached hydrogen (secondary N) is 1. The van der Waals surface area contributed by atoms with Crippen LogP contribution in [-0.2, 0) is 11.8 Å². The van der Waals surface area contributed by atoms with Gasteiger partial charge >= 0.3 is 5.97 Å². The zero-order chi connectivity index (χ0) is 10.8. The van der Waals surface area contributed by atoms with Crippen LogP contribution >= 0.6 is 0 Å². The molecule has 1 fully saturated rings. The van der Waals surface area contributed by atoms with Gasteiger partial charge in [-0.1, -0.05) is 0 Å². The lowest BCUT2D eigenvalue weighted by Crippen LogP contribution is -2.35. The van der Waals surface area contributed by atoms with Gasteiger partial charge in [-0.2, -0.15) is 0 Å². The zero-order valence-electron chi connectivity index (χ0n) is 8.68. The van der Waals surface area contributed by atoms with Crippen molar-refractivity contribution in [1.82, 2.24) is 14.9 Å². The van der Waals surface area contributed by atoms with Gasteiger partial charge in [0.1, 0.15) is 0 Å². The van der Waals surface area contributed by atoms with Crippen molar-refractivity contribution in [1.29, 1.82) is 0 Å². The molecule has 0 saturated carbocycles. The van der Waals surface area contributed by atoms with Crippen molar-refractivity contribution in [3.63, 3.8) is 0 Å². The Balaban J connectivity index is 2.07. The number of imidazole rings is 1. The van der Waals surface area contributed by atoms with Gasteiger partial charge in [-0.05, 0) is 19.4 Å². The molecule has 5 heteroatoms. The van der Waals surface area contributed by atoms with Crippen LogP contribution in [0.4, 0.5) is 0 Å². The number of aryl methyl sites for hydroxylation is 1. The highest BCUT2D eigenvalue weighted by molar-refractivity contribution is 5.70. The number of carboxylic acid groups (broad SMARTS) is 1. The normalized spacial score (nSPS) is 26.5. The molecule has 1 aromatic heterocycles. The summed E-state index contributed by atoms with van der Waals surface area (Å²) in [5, 5.41) is 12.2. The number of hydrogen-bond donors (Lipinski definition) is 2. The third-order valence-electron chi connectivity index (χ3n) is 2.83. The van der Waals surface area contributed by atoms with Gasteiger partial charge in [0.25, 0.3) is 0 Å². The average molecular weight is 209 g/mol. The maximum atomic E-state index is 10.9. The Morgan fingerprint density at radius 2 is 2.53 bits per heavy atom. The number of piperidine rings is 1. The summed E-state index contributed by atoms with van der Waals surface area (Å²) in [7, 11) is 1.91. The number of aliphatic carboxylic acids is 1. The molecule has 0 bridgehead atoms. The minimum atomic E-state index is -0.697. The standard InChI is InChI=1S/C10H15N3O2/c1-13-5-9(12-6-13)8-4-7(10(14)15)2-3-11-8/h5-8,11H,2-4H2,1H3,(H,14,15). The lowest BCUT2D eigenvalue weighted by Gasteiger charge is -2.26. The molecule has 0 spiro atoms. The molecule has 1 saturated heterocycles. The Hall–Kier alpha value is -1.36. The van der Waals surface area contributed by atoms with E-state index in [0.717, 1.165) is 12.2 Å². The number of carbonyl (C=O) groups is 1. The van der Waals surface area contributed by atoms with E-state index in [1.165, 1.54) is 0 Å². The molecule has 1 aliphatic rings. The van der Waals surface area contributed by atoms with Gasteiger partial charge < -0.3 is 15.0 Å². The molecule has 2 N–H and O–H groups in total. The van der Waals surface area contributed by atoms with Crippen LogP contribution in [-0.4, -0.2) is 27.2 Å². The molecule has 0 aliphatic carbocycles. The highest BCUT2D eigenvalue weighted by Crippen LogP contribution is 2.26. The molecule has 15 heavy (non-hydrogen) atoms. The summed E-state index contributed by atoms with van der Waals surface area (Å²) in [5.74, 6) is -0.935. The smallest absolute Gasteiger partial charge is 0.306 e. The molecule has 2 atom stereocenters. The fraction of sp³-hybridized carbons (Fsp3) is 0.600. The second-order valence-corrected chi connectivity index (χ2v) is 4.03. The molecule has 5 nitrogen and oxygen atoms in total. The first-order valence-electron chi connectivity index (χ1n) is 5.11. The van der Waals surface area contributed by atoms with E-state index in [1.54, 1.807) is 6.33 Å². The van der Waals surface area contributed by atoms with Crippen molar-refractivity contribution in [3.05, 3.63) is 18.2 Å². The Morgan fingerprint density at radius 3 is 3.13 bits per heavy atom. The van der Waals surface area contributed by atoms with Crippen LogP contribution in [0, 0.1) is 5.92 Å². The molecule has 2 heterocycles. The predicted molar refractivity (Wildman–Crippen MR) is 54.3 cm³/mol. The Bertz CT molecular complexity index is 361. The first-order valence-corrected chi connectivity index (χ1v) is 5.11. The van der Waals surface area contributed by atoms with E-state index in [1.807, 2.05) is 17.8 Å². The predicted octanol–water partition coefficient (Wildman–Crippen LogP) is 0.545. The second-order valence-electron chi connectivity index (χ2n) is 4.03. The van der Waals surface area contributed by atoms with Crippen molar-refractivity contribution < 1.29 is 9.90 Å². The summed E-state index contributed by atoms with van der Waals surface area (Å²) in [6.45, 7) is 0.748. The van der Waals surface area contributed by atoms with Crippen molar-refractivity contribution >= 4 is 5.97 Å². The number of aromatic nitrogens is 2. The van der Waals surface area contributed by atoms with E-state index in [4.69, 9.17) is 5.11 Å². The summed E-state index contributed by atoms with van der Waals surface area (Å²) in [6.07, 6.45) is 5.01. The zero-order valence-corrected chi connectivity index (χ0v) is 8.68. The third-order valence-corrected chi connectivity index (χ3v) is 2.83. The van der Waals surface area contributed by atoms with Gasteiger partial charge in [0, 0.05) is 13.2 Å². The maximum Gasteiger partial charge on any atom is 0.306 e. The van der Waals surface area contributed by atoms with E-state index in [-0.39, 0.29) is 12.0 Å². The van der Waals surface area contributed by atoms with E-state index in [2.05, 4.69) is 10.3 Å². The van der Waals surface area contributed by atoms with Crippen LogP contribution in [0.15, 0.2) is 12.5 Å². The van der Waals surface area contributed by atoms with Gasteiger partial charge in [0.2, 0.25) is 0 Å². The summed E-state index contributed by atoms with van der Waals surface area (Å²) >= 11 is 0. The molecule has 82 valence electrons. The Morgan fingerprint density at radius 1 is 1.73 bits per heavy atom. The largest absolute Gasteiger partial charge is 0.481 e. The van der Waals surface area contributed by atoms with E-state index in [0.29, 0.717) is 12.8 Å². The number of carboxylic acids is 1. The van der Waals surface area contributed by atoms with Crippen molar-refractivity contribution in [3.8, 4) is 0 Å². The van der Waals surface area contributed by atoms with Crippen molar-refractivity contribution in [2.75, 3.05) is 6.54 Å². The maximum absolute atomic E-state index is 10.9. The van der Waals surface area contributed by atoms with E-state index >= 15 is 0 Å². The fourth-order valence-electron chi connectivity index (χ4n) is 1.98. The van der Waals surface area contributed by atoms with Crippen LogP contribution in [0.3, 0.4) is 0 Å². The average Bonchev–Trinajstić information content (AvgIpc) is 2.65. The monoisotopic (exact) mass is 209 g/mol. The summed E-state index contributed by atoms with van der Waals surface area (Å²) in [4.78, 5) is 15.1. The molecule has 1 aromatic rings. The SMILES string of the molecule is Cn1cnc(C2CC(C(=O)O)CCN2)c1. The number of hydrogen-bond acceptors (Lipinski definition) is 3. The van der Waals surface area contributed by atoms with Crippen LogP contribution in [0.2, 0.25) is 0 Å². The van der Waals surface area contributed by atoms with E-state index in [9.17, 15) is 4.79 Å². The number of rotatable bonds is 2. The van der Waals surface area contributed by atoms with Gasteiger partial charge in [-0.15, -0.1) is 0 Å². The molecular formula is C10H15N3O2. The van der Waals surface area contributed by atoms with Crippen molar-refractivity contribution in [2.45, 2.75) is 18.9 Å². The van der Waals surface area contributed by atoms with Gasteiger partial charge in [0.05, 0.1) is 24.0 Å². The highest BCUT2D eigenvalue weighted by atomic mass is 16.4. The second kappa shape index (κ2) is 4.02. The molecule has 2 unspecified atom stereocenters. The third kappa shape index (κ3) is 2.18. The highest BCUT2D eigenvalue weighted by Gasteiger charge is 2.28. The first-order chi connectivity index (χ1) is 7.16. The number of nitrogens with zero attached hydrogens (tertiary/aromatic N) is 2. The lowest BCUT2D eigenvalue weighted by molar-refractivity contribution is -0.143. The van der Waals surface area contributed by atoms with Crippen LogP contribution in [0.25, 0.3) is 0 Å². The summed E-state index contributed by atoms with van der Waals surface area (Å²) in [6, 6.07) is 0.0843. The fourth-order valence-corrected chi connectivity index (χ4v) is 1.98. The Kier molecular flexibility index (Phi) is 2.73. The molecule has 0 amide bonds. The van der Waals surface area contributed by atoms with E-state index < -0.39 is 5.97 Å². The van der Waals surface area contributed by atoms with Crippen LogP contribution < -0.4 is 5.32 Å². The van der Waals surface area contributed by atoms with Crippen LogP contribution in [0.5, 0.6) is 0 Å².